The Morgan fingerprint density at radius 1 is 0.959 bits per heavy atom. The Balaban J connectivity index is 0.685. The first-order chi connectivity index (χ1) is 35.8. The molecule has 0 spiro atoms. The predicted molar refractivity (Wildman–Crippen MR) is 280 cm³/mol. The Morgan fingerprint density at radius 2 is 1.72 bits per heavy atom. The molecule has 2 bridgehead atoms. The molecule has 4 aliphatic heterocycles. The van der Waals surface area contributed by atoms with E-state index in [-0.39, 0.29) is 58.7 Å². The average Bonchev–Trinajstić information content (AvgIpc) is 3.69. The third-order valence-electron chi connectivity index (χ3n) is 15.4. The van der Waals surface area contributed by atoms with Crippen LogP contribution in [0.15, 0.2) is 58.7 Å². The topological polar surface area (TPSA) is 187 Å². The van der Waals surface area contributed by atoms with Crippen molar-refractivity contribution in [2.24, 2.45) is 11.8 Å². The molecule has 0 radical (unpaired) electrons. The summed E-state index contributed by atoms with van der Waals surface area (Å²) in [5, 5.41) is 25.5. The summed E-state index contributed by atoms with van der Waals surface area (Å²) in [6.07, 6.45) is 8.13. The van der Waals surface area contributed by atoms with Gasteiger partial charge in [-0.3, -0.25) is 14.7 Å². The van der Waals surface area contributed by atoms with Crippen LogP contribution in [0.3, 0.4) is 0 Å². The number of pyridine rings is 1. The molecule has 4 atom stereocenters. The van der Waals surface area contributed by atoms with Crippen molar-refractivity contribution < 1.29 is 33.1 Å². The highest BCUT2D eigenvalue weighted by Gasteiger charge is 2.40. The van der Waals surface area contributed by atoms with Gasteiger partial charge in [0.15, 0.2) is 11.6 Å². The molecule has 11 rings (SSSR count). The number of aromatic nitrogens is 5. The second kappa shape index (κ2) is 21.2. The van der Waals surface area contributed by atoms with E-state index in [4.69, 9.17) is 30.6 Å². The predicted octanol–water partition coefficient (Wildman–Crippen LogP) is 9.26. The molecule has 4 aromatic heterocycles. The first-order valence-electron chi connectivity index (χ1n) is 26.1. The Bertz CT molecular complexity index is 3010. The second-order valence-corrected chi connectivity index (χ2v) is 22.2. The lowest BCUT2D eigenvalue weighted by Gasteiger charge is -2.34. The monoisotopic (exact) mass is 1050 g/mol. The second-order valence-electron chi connectivity index (χ2n) is 21.0. The number of halogens is 2. The first-order valence-corrected chi connectivity index (χ1v) is 27.3. The number of aryl methyl sites for hydroxylation is 1. The molecule has 17 nitrogen and oxygen atoms in total. The van der Waals surface area contributed by atoms with Crippen LogP contribution < -0.4 is 25.0 Å². The zero-order valence-corrected chi connectivity index (χ0v) is 43.8. The lowest BCUT2D eigenvalue weighted by Crippen LogP contribution is -2.51. The summed E-state index contributed by atoms with van der Waals surface area (Å²) >= 11 is 8.23. The van der Waals surface area contributed by atoms with Crippen LogP contribution in [0.4, 0.5) is 15.0 Å². The van der Waals surface area contributed by atoms with E-state index in [1.807, 2.05) is 57.5 Å². The molecular weight excluding hydrogens is 985 g/mol. The number of carbonyl (C=O) groups excluding carboxylic acids is 2. The number of carbonyl (C=O) groups is 2. The molecular formula is C54H63ClFN11O6S. The molecule has 1 aliphatic carbocycles. The van der Waals surface area contributed by atoms with E-state index < -0.39 is 11.7 Å². The van der Waals surface area contributed by atoms with Crippen LogP contribution in [-0.4, -0.2) is 128 Å². The number of piperazine rings is 1. The van der Waals surface area contributed by atoms with E-state index in [1.54, 1.807) is 34.7 Å². The highest BCUT2D eigenvalue weighted by Crippen LogP contribution is 2.49. The molecule has 1 saturated carbocycles. The molecule has 5 aliphatic rings. The lowest BCUT2D eigenvalue weighted by molar-refractivity contribution is -0.143. The standard InChI is InChI=1S/C54H63ClFN11O6S/c1-30(2)45(52(69)66-16-5-17-67(66)54(70)59-31(3)34-6-10-36(11-7-34)50-32(4)58-29-74-50)43-24-44(63-73-43)72-28-33-14-18-64(19-15-33)20-21-71-53-61-49-41(51(62-53)65-26-37-12-13-38(27-65)60-37)25-57-48(47(49)56)40-22-39(68)23-42(55)46(40)35-8-9-35/h6-7,10-11,22-25,29-31,33,35,37-38,45,60,68H,5,8-9,12-21,26-28H2,1-4H3,(H,59,70). The number of urea groups is 1. The Hall–Kier alpha value is -6.15. The van der Waals surface area contributed by atoms with Crippen molar-refractivity contribution >= 4 is 51.6 Å². The van der Waals surface area contributed by atoms with Gasteiger partial charge in [0.05, 0.1) is 34.1 Å². The molecule has 8 heterocycles. The molecule has 3 N–H and O–H groups in total. The van der Waals surface area contributed by atoms with Crippen molar-refractivity contribution in [2.45, 2.75) is 103 Å². The van der Waals surface area contributed by atoms with Crippen LogP contribution in [0, 0.1) is 24.6 Å². The number of piperidine rings is 1. The first kappa shape index (κ1) is 50.0. The highest BCUT2D eigenvalue weighted by atomic mass is 35.5. The van der Waals surface area contributed by atoms with Gasteiger partial charge >= 0.3 is 12.0 Å². The van der Waals surface area contributed by atoms with E-state index >= 15 is 4.39 Å². The van der Waals surface area contributed by atoms with Crippen molar-refractivity contribution in [3.05, 3.63) is 87.6 Å². The van der Waals surface area contributed by atoms with Gasteiger partial charge in [0.1, 0.15) is 35.3 Å². The summed E-state index contributed by atoms with van der Waals surface area (Å²) in [6, 6.07) is 13.0. The van der Waals surface area contributed by atoms with Crippen molar-refractivity contribution in [1.82, 2.24) is 50.6 Å². The van der Waals surface area contributed by atoms with Gasteiger partial charge in [0.25, 0.3) is 11.8 Å². The number of phenols is 1. The maximum atomic E-state index is 16.9. The largest absolute Gasteiger partial charge is 0.508 e. The number of nitrogens with one attached hydrogen (secondary N) is 2. The van der Waals surface area contributed by atoms with Crippen LogP contribution in [0.2, 0.25) is 5.02 Å². The van der Waals surface area contributed by atoms with Crippen LogP contribution >= 0.6 is 22.9 Å². The number of nitrogens with zero attached hydrogens (tertiary/aromatic N) is 9. The fourth-order valence-corrected chi connectivity index (χ4v) is 12.4. The summed E-state index contributed by atoms with van der Waals surface area (Å²) in [5.41, 5.74) is 6.37. The number of likely N-dealkylation sites (tertiary alicyclic amines) is 1. The average molecular weight is 1050 g/mol. The number of amides is 3. The van der Waals surface area contributed by atoms with Gasteiger partial charge in [0, 0.05) is 67.7 Å². The number of benzene rings is 2. The van der Waals surface area contributed by atoms with E-state index in [0.29, 0.717) is 84.8 Å². The molecule has 3 amide bonds. The number of hydrazine groups is 1. The van der Waals surface area contributed by atoms with Crippen LogP contribution in [0.5, 0.6) is 17.6 Å². The number of thiazole rings is 1. The van der Waals surface area contributed by atoms with Gasteiger partial charge in [-0.15, -0.1) is 11.3 Å². The van der Waals surface area contributed by atoms with E-state index in [0.717, 1.165) is 92.0 Å². The molecule has 6 aromatic rings. The zero-order chi connectivity index (χ0) is 51.2. The van der Waals surface area contributed by atoms with E-state index in [2.05, 4.69) is 40.5 Å². The Kier molecular flexibility index (Phi) is 14.4. The number of rotatable bonds is 16. The molecule has 4 saturated heterocycles. The van der Waals surface area contributed by atoms with Crippen molar-refractivity contribution in [2.75, 3.05) is 63.9 Å². The molecule has 4 unspecified atom stereocenters. The molecule has 74 heavy (non-hydrogen) atoms. The van der Waals surface area contributed by atoms with Crippen molar-refractivity contribution in [3.8, 4) is 39.3 Å². The number of fused-ring (bicyclic) bond motifs is 3. The number of phenolic OH excluding ortho intramolecular Hbond substituents is 1. The summed E-state index contributed by atoms with van der Waals surface area (Å²) < 4.78 is 35.1. The van der Waals surface area contributed by atoms with Crippen LogP contribution in [0.25, 0.3) is 32.6 Å². The van der Waals surface area contributed by atoms with Crippen LogP contribution in [0.1, 0.15) is 106 Å². The van der Waals surface area contributed by atoms with Gasteiger partial charge in [-0.1, -0.05) is 49.7 Å². The number of hydrogen-bond acceptors (Lipinski definition) is 15. The fourth-order valence-electron chi connectivity index (χ4n) is 11.2. The maximum Gasteiger partial charge on any atom is 0.336 e. The Labute approximate surface area is 438 Å². The quantitative estimate of drug-likeness (QED) is 0.0832. The van der Waals surface area contributed by atoms with Crippen molar-refractivity contribution in [3.63, 3.8) is 0 Å². The third kappa shape index (κ3) is 10.4. The SMILES string of the molecule is Cc1ncsc1-c1ccc(C(C)NC(=O)N2CCCN2C(=O)C(c2cc(OCC3CCN(CCOc4nc(N5CC6CCC(C5)N6)c5cnc(-c6cc(O)cc(Cl)c6C6CC6)c(F)c5n4)CC3)no2)C(C)C)cc1. The number of ether oxygens (including phenoxy) is 2. The molecule has 20 heteroatoms. The molecule has 5 fully saturated rings. The number of anilines is 1. The minimum absolute atomic E-state index is 0.0489. The van der Waals surface area contributed by atoms with Gasteiger partial charge in [-0.05, 0) is 124 Å². The van der Waals surface area contributed by atoms with Gasteiger partial charge < -0.3 is 34.6 Å². The smallest absolute Gasteiger partial charge is 0.336 e. The van der Waals surface area contributed by atoms with Gasteiger partial charge in [0.2, 0.25) is 0 Å². The summed E-state index contributed by atoms with van der Waals surface area (Å²) in [7, 11) is 0. The maximum absolute atomic E-state index is 16.9. The molecule has 2 aromatic carbocycles. The normalized spacial score (nSPS) is 20.2. The lowest BCUT2D eigenvalue weighted by atomic mass is 9.92. The number of hydrogen-bond donors (Lipinski definition) is 3. The van der Waals surface area contributed by atoms with Gasteiger partial charge in [-0.2, -0.15) is 9.97 Å². The van der Waals surface area contributed by atoms with Crippen molar-refractivity contribution in [1.29, 1.82) is 0 Å². The number of aromatic hydroxyl groups is 1. The van der Waals surface area contributed by atoms with Gasteiger partial charge in [-0.25, -0.2) is 24.2 Å². The minimum atomic E-state index is -0.666. The third-order valence-corrected chi connectivity index (χ3v) is 16.6. The summed E-state index contributed by atoms with van der Waals surface area (Å²) in [6.45, 7) is 13.2. The highest BCUT2D eigenvalue weighted by molar-refractivity contribution is 7.13. The molecule has 390 valence electrons. The van der Waals surface area contributed by atoms with E-state index in [1.165, 1.54) is 11.1 Å². The van der Waals surface area contributed by atoms with Crippen LogP contribution in [-0.2, 0) is 4.79 Å². The fraction of sp³-hybridized carbons (Fsp3) is 0.500. The summed E-state index contributed by atoms with van der Waals surface area (Å²) in [5.74, 6) is 0.128. The van der Waals surface area contributed by atoms with E-state index in [9.17, 15) is 14.7 Å². The summed E-state index contributed by atoms with van der Waals surface area (Å²) in [4.78, 5) is 52.1. The Morgan fingerprint density at radius 3 is 2.43 bits per heavy atom. The minimum Gasteiger partial charge on any atom is -0.508 e. The zero-order valence-electron chi connectivity index (χ0n) is 42.2.